The first-order valence-corrected chi connectivity index (χ1v) is 5.36. The van der Waals surface area contributed by atoms with Crippen LogP contribution in [0.1, 0.15) is 10.6 Å². The molecule has 1 heterocycles. The third kappa shape index (κ3) is 2.43. The number of nitrogens with zero attached hydrogens (tertiary/aromatic N) is 2. The van der Waals surface area contributed by atoms with E-state index in [2.05, 4.69) is 10.2 Å². The molecule has 0 aliphatic heterocycles. The molecule has 0 aliphatic rings. The van der Waals surface area contributed by atoms with Gasteiger partial charge in [0.15, 0.2) is 0 Å². The van der Waals surface area contributed by atoms with Crippen molar-refractivity contribution in [3.05, 3.63) is 39.6 Å². The fourth-order valence-electron chi connectivity index (χ4n) is 1.16. The molecule has 3 nitrogen and oxygen atoms in total. The maximum atomic E-state index is 12.9. The van der Waals surface area contributed by atoms with E-state index in [-0.39, 0.29) is 5.02 Å². The summed E-state index contributed by atoms with van der Waals surface area (Å²) >= 11 is 6.96. The number of nitrogens with two attached hydrogens (primary N) is 1. The Balaban J connectivity index is 2.21. The van der Waals surface area contributed by atoms with Gasteiger partial charge in [-0.15, -0.1) is 10.2 Å². The van der Waals surface area contributed by atoms with Gasteiger partial charge in [-0.05, 0) is 17.7 Å². The van der Waals surface area contributed by atoms with Crippen molar-refractivity contribution >= 4 is 28.1 Å². The Labute approximate surface area is 94.7 Å². The molecule has 15 heavy (non-hydrogen) atoms. The van der Waals surface area contributed by atoms with Gasteiger partial charge < -0.3 is 5.73 Å². The van der Waals surface area contributed by atoms with Crippen molar-refractivity contribution in [2.24, 2.45) is 0 Å². The Morgan fingerprint density at radius 2 is 2.20 bits per heavy atom. The molecule has 0 atom stereocenters. The Kier molecular flexibility index (Phi) is 2.83. The van der Waals surface area contributed by atoms with E-state index in [4.69, 9.17) is 17.3 Å². The van der Waals surface area contributed by atoms with E-state index in [9.17, 15) is 4.39 Å². The zero-order chi connectivity index (χ0) is 10.8. The van der Waals surface area contributed by atoms with Crippen LogP contribution in [-0.4, -0.2) is 10.2 Å². The lowest BCUT2D eigenvalue weighted by atomic mass is 10.1. The van der Waals surface area contributed by atoms with Crippen molar-refractivity contribution in [2.45, 2.75) is 6.42 Å². The van der Waals surface area contributed by atoms with Gasteiger partial charge in [0.25, 0.3) is 0 Å². The molecule has 0 aliphatic carbocycles. The van der Waals surface area contributed by atoms with Gasteiger partial charge in [-0.1, -0.05) is 29.0 Å². The van der Waals surface area contributed by atoms with Crippen LogP contribution >= 0.6 is 22.9 Å². The first-order valence-electron chi connectivity index (χ1n) is 4.17. The van der Waals surface area contributed by atoms with Crippen molar-refractivity contribution < 1.29 is 4.39 Å². The third-order valence-electron chi connectivity index (χ3n) is 1.82. The SMILES string of the molecule is Nc1nnc(Cc2ccc(F)c(Cl)c2)s1. The highest BCUT2D eigenvalue weighted by Gasteiger charge is 2.05. The second-order valence-electron chi connectivity index (χ2n) is 2.96. The molecule has 0 amide bonds. The monoisotopic (exact) mass is 243 g/mol. The van der Waals surface area contributed by atoms with E-state index in [1.165, 1.54) is 17.4 Å². The van der Waals surface area contributed by atoms with Crippen LogP contribution in [0, 0.1) is 5.82 Å². The summed E-state index contributed by atoms with van der Waals surface area (Å²) in [5.41, 5.74) is 6.33. The molecule has 78 valence electrons. The average molecular weight is 244 g/mol. The van der Waals surface area contributed by atoms with Crippen LogP contribution in [0.4, 0.5) is 9.52 Å². The molecule has 1 aromatic heterocycles. The first-order chi connectivity index (χ1) is 7.15. The summed E-state index contributed by atoms with van der Waals surface area (Å²) in [6.45, 7) is 0. The molecule has 0 unspecified atom stereocenters. The number of nitrogen functional groups attached to an aromatic ring is 1. The van der Waals surface area contributed by atoms with Gasteiger partial charge in [-0.2, -0.15) is 0 Å². The lowest BCUT2D eigenvalue weighted by molar-refractivity contribution is 0.627. The largest absolute Gasteiger partial charge is 0.374 e. The van der Waals surface area contributed by atoms with Crippen molar-refractivity contribution in [3.8, 4) is 0 Å². The Morgan fingerprint density at radius 3 is 2.80 bits per heavy atom. The van der Waals surface area contributed by atoms with Crippen LogP contribution in [0.25, 0.3) is 0 Å². The van der Waals surface area contributed by atoms with Crippen LogP contribution < -0.4 is 5.73 Å². The van der Waals surface area contributed by atoms with Crippen molar-refractivity contribution in [3.63, 3.8) is 0 Å². The van der Waals surface area contributed by atoms with Crippen molar-refractivity contribution in [1.29, 1.82) is 0 Å². The summed E-state index contributed by atoms with van der Waals surface area (Å²) in [5, 5.41) is 8.89. The number of anilines is 1. The number of benzene rings is 1. The summed E-state index contributed by atoms with van der Waals surface area (Å²) in [4.78, 5) is 0. The maximum Gasteiger partial charge on any atom is 0.203 e. The van der Waals surface area contributed by atoms with E-state index in [0.29, 0.717) is 11.6 Å². The molecule has 2 rings (SSSR count). The van der Waals surface area contributed by atoms with Crippen molar-refractivity contribution in [2.75, 3.05) is 5.73 Å². The van der Waals surface area contributed by atoms with Crippen molar-refractivity contribution in [1.82, 2.24) is 10.2 Å². The van der Waals surface area contributed by atoms with Gasteiger partial charge in [-0.3, -0.25) is 0 Å². The Bertz CT molecular complexity index is 486. The van der Waals surface area contributed by atoms with Gasteiger partial charge in [0.05, 0.1) is 5.02 Å². The van der Waals surface area contributed by atoms with Crippen LogP contribution in [0.15, 0.2) is 18.2 Å². The number of hydrogen-bond acceptors (Lipinski definition) is 4. The summed E-state index contributed by atoms with van der Waals surface area (Å²) in [5.74, 6) is -0.419. The second kappa shape index (κ2) is 4.12. The molecule has 1 aromatic carbocycles. The molecule has 0 saturated heterocycles. The summed E-state index contributed by atoms with van der Waals surface area (Å²) in [6, 6.07) is 4.58. The lowest BCUT2D eigenvalue weighted by Crippen LogP contribution is -1.88. The minimum atomic E-state index is -0.419. The number of aromatic nitrogens is 2. The van der Waals surface area contributed by atoms with Gasteiger partial charge in [0, 0.05) is 6.42 Å². The highest BCUT2D eigenvalue weighted by molar-refractivity contribution is 7.15. The molecule has 2 N–H and O–H groups in total. The maximum absolute atomic E-state index is 12.9. The molecule has 0 saturated carbocycles. The molecule has 2 aromatic rings. The van der Waals surface area contributed by atoms with Crippen LogP contribution in [0.5, 0.6) is 0 Å². The van der Waals surface area contributed by atoms with E-state index in [0.717, 1.165) is 10.6 Å². The van der Waals surface area contributed by atoms with E-state index >= 15 is 0 Å². The Morgan fingerprint density at radius 1 is 1.40 bits per heavy atom. The Hall–Kier alpha value is -1.20. The quantitative estimate of drug-likeness (QED) is 0.882. The van der Waals surface area contributed by atoms with Gasteiger partial charge >= 0.3 is 0 Å². The smallest absolute Gasteiger partial charge is 0.203 e. The van der Waals surface area contributed by atoms with E-state index in [1.807, 2.05) is 0 Å². The first kappa shape index (κ1) is 10.3. The predicted molar refractivity (Wildman–Crippen MR) is 58.5 cm³/mol. The zero-order valence-corrected chi connectivity index (χ0v) is 9.15. The molecule has 0 spiro atoms. The van der Waals surface area contributed by atoms with E-state index in [1.54, 1.807) is 12.1 Å². The number of rotatable bonds is 2. The molecule has 0 radical (unpaired) electrons. The van der Waals surface area contributed by atoms with Gasteiger partial charge in [-0.25, -0.2) is 4.39 Å². The van der Waals surface area contributed by atoms with Crippen LogP contribution in [0.3, 0.4) is 0 Å². The molecular formula is C9H7ClFN3S. The van der Waals surface area contributed by atoms with Gasteiger partial charge in [0.2, 0.25) is 5.13 Å². The summed E-state index contributed by atoms with van der Waals surface area (Å²) in [7, 11) is 0. The number of hydrogen-bond donors (Lipinski definition) is 1. The summed E-state index contributed by atoms with van der Waals surface area (Å²) in [6.07, 6.45) is 0.564. The minimum absolute atomic E-state index is 0.116. The molecule has 0 fully saturated rings. The fraction of sp³-hybridized carbons (Fsp3) is 0.111. The normalized spacial score (nSPS) is 10.5. The third-order valence-corrected chi connectivity index (χ3v) is 2.86. The predicted octanol–water partition coefficient (Wildman–Crippen LogP) is 2.50. The van der Waals surface area contributed by atoms with Crippen LogP contribution in [0.2, 0.25) is 5.02 Å². The van der Waals surface area contributed by atoms with Crippen LogP contribution in [-0.2, 0) is 6.42 Å². The number of halogens is 2. The average Bonchev–Trinajstić information content (AvgIpc) is 2.58. The topological polar surface area (TPSA) is 51.8 Å². The molecular weight excluding hydrogens is 237 g/mol. The molecule has 6 heteroatoms. The standard InChI is InChI=1S/C9H7ClFN3S/c10-6-3-5(1-2-7(6)11)4-8-13-14-9(12)15-8/h1-3H,4H2,(H2,12,14). The minimum Gasteiger partial charge on any atom is -0.374 e. The highest BCUT2D eigenvalue weighted by atomic mass is 35.5. The lowest BCUT2D eigenvalue weighted by Gasteiger charge is -1.99. The second-order valence-corrected chi connectivity index (χ2v) is 4.46. The highest BCUT2D eigenvalue weighted by Crippen LogP contribution is 2.20. The summed E-state index contributed by atoms with van der Waals surface area (Å²) < 4.78 is 12.9. The van der Waals surface area contributed by atoms with E-state index < -0.39 is 5.82 Å². The molecule has 0 bridgehead atoms. The zero-order valence-electron chi connectivity index (χ0n) is 7.58. The fourth-order valence-corrected chi connectivity index (χ4v) is 2.01. The van der Waals surface area contributed by atoms with Gasteiger partial charge in [0.1, 0.15) is 10.8 Å².